The maximum Gasteiger partial charge on any atom is 0.0924 e. The highest BCUT2D eigenvalue weighted by atomic mass is 16.5. The van der Waals surface area contributed by atoms with Crippen molar-refractivity contribution in [2.75, 3.05) is 37.7 Å². The predicted octanol–water partition coefficient (Wildman–Crippen LogP) is 2.85. The molecule has 0 atom stereocenters. The Bertz CT molecular complexity index is 903. The fourth-order valence-corrected chi connectivity index (χ4v) is 3.55. The summed E-state index contributed by atoms with van der Waals surface area (Å²) in [6.45, 7) is 5.07. The van der Waals surface area contributed by atoms with E-state index in [0.717, 1.165) is 74.5 Å². The first kappa shape index (κ1) is 18.8. The molecule has 2 aromatic heterocycles. The third kappa shape index (κ3) is 4.48. The first-order valence-electron chi connectivity index (χ1n) is 10.2. The molecule has 0 spiro atoms. The zero-order valence-corrected chi connectivity index (χ0v) is 16.3. The lowest BCUT2D eigenvalue weighted by Gasteiger charge is -2.28. The van der Waals surface area contributed by atoms with Crippen molar-refractivity contribution in [1.82, 2.24) is 19.7 Å². The van der Waals surface area contributed by atoms with Crippen LogP contribution < -0.4 is 10.6 Å². The van der Waals surface area contributed by atoms with Gasteiger partial charge in [-0.15, -0.1) is 0 Å². The van der Waals surface area contributed by atoms with Crippen LogP contribution >= 0.6 is 0 Å². The number of aryl methyl sites for hydroxylation is 1. The van der Waals surface area contributed by atoms with Gasteiger partial charge in [0.05, 0.1) is 42.3 Å². The van der Waals surface area contributed by atoms with Gasteiger partial charge in [-0.25, -0.2) is 4.98 Å². The van der Waals surface area contributed by atoms with E-state index in [1.165, 1.54) is 18.5 Å². The Morgan fingerprint density at radius 3 is 2.71 bits per heavy atom. The molecule has 1 aliphatic rings. The monoisotopic (exact) mass is 380 g/mol. The fraction of sp³-hybridized carbons (Fsp3) is 0.476. The summed E-state index contributed by atoms with van der Waals surface area (Å²) in [4.78, 5) is 11.8. The number of ether oxygens (including phenoxy) is 1. The topological polar surface area (TPSA) is 82.1 Å². The normalized spacial score (nSPS) is 14.7. The summed E-state index contributed by atoms with van der Waals surface area (Å²) >= 11 is 0. The van der Waals surface area contributed by atoms with Crippen molar-refractivity contribution in [3.63, 3.8) is 0 Å². The molecule has 1 fully saturated rings. The largest absolute Gasteiger partial charge is 0.378 e. The van der Waals surface area contributed by atoms with Gasteiger partial charge in [0, 0.05) is 37.1 Å². The van der Waals surface area contributed by atoms with Gasteiger partial charge in [-0.3, -0.25) is 9.67 Å². The van der Waals surface area contributed by atoms with Crippen LogP contribution in [0.1, 0.15) is 25.7 Å². The molecule has 0 saturated carbocycles. The summed E-state index contributed by atoms with van der Waals surface area (Å²) in [7, 11) is 0. The van der Waals surface area contributed by atoms with Crippen molar-refractivity contribution in [2.24, 2.45) is 5.73 Å². The standard InChI is InChI=1S/C21H28N6O/c22-7-3-1-2-4-8-27-16-17(14-24-27)21-15-23-19-6-5-18(13-20(19)25-21)26-9-11-28-12-10-26/h5-6,13-16H,1-4,7-12,22H2. The van der Waals surface area contributed by atoms with Gasteiger partial charge in [0.15, 0.2) is 0 Å². The Kier molecular flexibility index (Phi) is 6.14. The molecule has 0 aliphatic carbocycles. The molecule has 3 heterocycles. The molecule has 1 saturated heterocycles. The minimum absolute atomic E-state index is 0.773. The highest BCUT2D eigenvalue weighted by molar-refractivity contribution is 5.80. The van der Waals surface area contributed by atoms with E-state index >= 15 is 0 Å². The molecule has 1 aliphatic heterocycles. The summed E-state index contributed by atoms with van der Waals surface area (Å²) in [6.07, 6.45) is 10.4. The number of nitrogens with two attached hydrogens (primary N) is 1. The average Bonchev–Trinajstić information content (AvgIpc) is 3.22. The number of anilines is 1. The number of benzene rings is 1. The van der Waals surface area contributed by atoms with Crippen LogP contribution in [0, 0.1) is 0 Å². The third-order valence-corrected chi connectivity index (χ3v) is 5.17. The third-order valence-electron chi connectivity index (χ3n) is 5.17. The summed E-state index contributed by atoms with van der Waals surface area (Å²) in [5, 5.41) is 4.48. The van der Waals surface area contributed by atoms with Crippen LogP contribution in [0.2, 0.25) is 0 Å². The van der Waals surface area contributed by atoms with E-state index in [9.17, 15) is 0 Å². The Morgan fingerprint density at radius 2 is 1.86 bits per heavy atom. The molecule has 0 bridgehead atoms. The lowest BCUT2D eigenvalue weighted by Crippen LogP contribution is -2.36. The quantitative estimate of drug-likeness (QED) is 0.605. The molecule has 2 N–H and O–H groups in total. The van der Waals surface area contributed by atoms with E-state index in [1.54, 1.807) is 0 Å². The van der Waals surface area contributed by atoms with Gasteiger partial charge in [-0.1, -0.05) is 12.8 Å². The molecular weight excluding hydrogens is 352 g/mol. The van der Waals surface area contributed by atoms with Crippen LogP contribution in [-0.4, -0.2) is 52.6 Å². The van der Waals surface area contributed by atoms with Crippen LogP contribution in [0.5, 0.6) is 0 Å². The molecule has 0 radical (unpaired) electrons. The predicted molar refractivity (Wildman–Crippen MR) is 111 cm³/mol. The number of hydrogen-bond donors (Lipinski definition) is 1. The van der Waals surface area contributed by atoms with Gasteiger partial charge in [0.2, 0.25) is 0 Å². The molecule has 0 unspecified atom stereocenters. The van der Waals surface area contributed by atoms with Gasteiger partial charge < -0.3 is 15.4 Å². The Labute approximate surface area is 165 Å². The number of fused-ring (bicyclic) bond motifs is 1. The van der Waals surface area contributed by atoms with Crippen LogP contribution in [-0.2, 0) is 11.3 Å². The summed E-state index contributed by atoms with van der Waals surface area (Å²) < 4.78 is 7.44. The van der Waals surface area contributed by atoms with Crippen molar-refractivity contribution in [2.45, 2.75) is 32.2 Å². The number of morpholine rings is 1. The minimum atomic E-state index is 0.773. The van der Waals surface area contributed by atoms with Crippen molar-refractivity contribution in [1.29, 1.82) is 0 Å². The highest BCUT2D eigenvalue weighted by Crippen LogP contribution is 2.23. The van der Waals surface area contributed by atoms with Crippen molar-refractivity contribution >= 4 is 16.7 Å². The lowest BCUT2D eigenvalue weighted by molar-refractivity contribution is 0.122. The number of unbranched alkanes of at least 4 members (excludes halogenated alkanes) is 3. The number of nitrogens with zero attached hydrogens (tertiary/aromatic N) is 5. The first-order chi connectivity index (χ1) is 13.8. The van der Waals surface area contributed by atoms with E-state index in [0.29, 0.717) is 0 Å². The Balaban J connectivity index is 1.47. The van der Waals surface area contributed by atoms with Gasteiger partial charge in [-0.2, -0.15) is 5.10 Å². The molecular formula is C21H28N6O. The van der Waals surface area contributed by atoms with Crippen LogP contribution in [0.25, 0.3) is 22.3 Å². The summed E-state index contributed by atoms with van der Waals surface area (Å²) in [6, 6.07) is 6.28. The summed E-state index contributed by atoms with van der Waals surface area (Å²) in [5.41, 5.74) is 10.4. The molecule has 28 heavy (non-hydrogen) atoms. The fourth-order valence-electron chi connectivity index (χ4n) is 3.55. The van der Waals surface area contributed by atoms with Gasteiger partial charge >= 0.3 is 0 Å². The molecule has 7 nitrogen and oxygen atoms in total. The maximum atomic E-state index is 5.54. The zero-order valence-electron chi connectivity index (χ0n) is 16.3. The average molecular weight is 380 g/mol. The number of rotatable bonds is 8. The second-order valence-electron chi connectivity index (χ2n) is 7.22. The smallest absolute Gasteiger partial charge is 0.0924 e. The van der Waals surface area contributed by atoms with Gasteiger partial charge in [0.25, 0.3) is 0 Å². The number of aromatic nitrogens is 4. The second-order valence-corrected chi connectivity index (χ2v) is 7.22. The van der Waals surface area contributed by atoms with Crippen LogP contribution in [0.4, 0.5) is 5.69 Å². The second kappa shape index (κ2) is 9.12. The zero-order chi connectivity index (χ0) is 19.2. The summed E-state index contributed by atoms with van der Waals surface area (Å²) in [5.74, 6) is 0. The highest BCUT2D eigenvalue weighted by Gasteiger charge is 2.13. The van der Waals surface area contributed by atoms with Gasteiger partial charge in [0.1, 0.15) is 0 Å². The lowest BCUT2D eigenvalue weighted by atomic mass is 10.2. The molecule has 0 amide bonds. The molecule has 3 aromatic rings. The van der Waals surface area contributed by atoms with Crippen molar-refractivity contribution in [3.05, 3.63) is 36.8 Å². The Hall–Kier alpha value is -2.51. The molecule has 1 aromatic carbocycles. The van der Waals surface area contributed by atoms with Gasteiger partial charge in [-0.05, 0) is 37.6 Å². The van der Waals surface area contributed by atoms with Crippen LogP contribution in [0.15, 0.2) is 36.8 Å². The van der Waals surface area contributed by atoms with Crippen LogP contribution in [0.3, 0.4) is 0 Å². The van der Waals surface area contributed by atoms with E-state index in [2.05, 4.69) is 33.3 Å². The van der Waals surface area contributed by atoms with E-state index in [4.69, 9.17) is 15.5 Å². The molecule has 7 heteroatoms. The minimum Gasteiger partial charge on any atom is -0.378 e. The molecule has 148 valence electrons. The molecule has 4 rings (SSSR count). The van der Waals surface area contributed by atoms with E-state index < -0.39 is 0 Å². The van der Waals surface area contributed by atoms with Crippen molar-refractivity contribution < 1.29 is 4.74 Å². The SMILES string of the molecule is NCCCCCCn1cc(-c2cnc3ccc(N4CCOCC4)cc3n2)cn1. The van der Waals surface area contributed by atoms with E-state index in [-0.39, 0.29) is 0 Å². The number of hydrogen-bond acceptors (Lipinski definition) is 6. The first-order valence-corrected chi connectivity index (χ1v) is 10.2. The maximum absolute atomic E-state index is 5.54. The van der Waals surface area contributed by atoms with Crippen molar-refractivity contribution in [3.8, 4) is 11.3 Å². The van der Waals surface area contributed by atoms with E-state index in [1.807, 2.05) is 23.1 Å². The Morgan fingerprint density at radius 1 is 1.00 bits per heavy atom.